The van der Waals surface area contributed by atoms with Gasteiger partial charge in [0.1, 0.15) is 0 Å². The van der Waals surface area contributed by atoms with Crippen molar-refractivity contribution in [2.75, 3.05) is 40.8 Å². The van der Waals surface area contributed by atoms with Crippen LogP contribution in [0.4, 0.5) is 0 Å². The molecule has 0 unspecified atom stereocenters. The Bertz CT molecular complexity index is 384. The molecule has 19 heavy (non-hydrogen) atoms. The van der Waals surface area contributed by atoms with Gasteiger partial charge in [-0.2, -0.15) is 0 Å². The highest BCUT2D eigenvalue weighted by Crippen LogP contribution is 2.06. The minimum Gasteiger partial charge on any atom is -0.309 e. The summed E-state index contributed by atoms with van der Waals surface area (Å²) in [6, 6.07) is 7.83. The maximum atomic E-state index is 12.0. The molecular weight excluding hydrogens is 236 g/mol. The molecule has 0 aliphatic carbocycles. The second kappa shape index (κ2) is 8.08. The Morgan fingerprint density at radius 2 is 1.63 bits per heavy atom. The summed E-state index contributed by atoms with van der Waals surface area (Å²) in [6.07, 6.45) is 1.74. The SMILES string of the molecule is Cc1ccc(C(=O)CCN(C)CCCN(C)C)cc1. The summed E-state index contributed by atoms with van der Waals surface area (Å²) in [5.74, 6) is 0.236. The van der Waals surface area contributed by atoms with Gasteiger partial charge in [0, 0.05) is 18.5 Å². The molecule has 1 rings (SSSR count). The van der Waals surface area contributed by atoms with E-state index in [-0.39, 0.29) is 5.78 Å². The fourth-order valence-electron chi connectivity index (χ4n) is 1.94. The first-order chi connectivity index (χ1) is 8.99. The topological polar surface area (TPSA) is 23.6 Å². The number of carbonyl (C=O) groups is 1. The van der Waals surface area contributed by atoms with E-state index >= 15 is 0 Å². The van der Waals surface area contributed by atoms with Crippen LogP contribution in [0.5, 0.6) is 0 Å². The van der Waals surface area contributed by atoms with Crippen molar-refractivity contribution >= 4 is 5.78 Å². The third-order valence-corrected chi connectivity index (χ3v) is 3.24. The molecule has 106 valence electrons. The van der Waals surface area contributed by atoms with Gasteiger partial charge in [0.15, 0.2) is 5.78 Å². The Labute approximate surface area is 117 Å². The zero-order valence-electron chi connectivity index (χ0n) is 12.6. The van der Waals surface area contributed by atoms with Crippen molar-refractivity contribution in [1.29, 1.82) is 0 Å². The first-order valence-electron chi connectivity index (χ1n) is 6.92. The molecule has 0 saturated heterocycles. The molecular formula is C16H26N2O. The summed E-state index contributed by atoms with van der Waals surface area (Å²) in [5, 5.41) is 0. The molecule has 1 aromatic rings. The van der Waals surface area contributed by atoms with Gasteiger partial charge in [-0.25, -0.2) is 0 Å². The molecule has 0 amide bonds. The largest absolute Gasteiger partial charge is 0.309 e. The molecule has 0 aromatic heterocycles. The van der Waals surface area contributed by atoms with E-state index in [4.69, 9.17) is 0 Å². The molecule has 1 aromatic carbocycles. The zero-order valence-corrected chi connectivity index (χ0v) is 12.6. The van der Waals surface area contributed by atoms with Crippen molar-refractivity contribution in [3.05, 3.63) is 35.4 Å². The summed E-state index contributed by atoms with van der Waals surface area (Å²) in [6.45, 7) is 5.00. The van der Waals surface area contributed by atoms with Crippen LogP contribution in [-0.2, 0) is 0 Å². The van der Waals surface area contributed by atoms with Gasteiger partial charge in [0.05, 0.1) is 0 Å². The Balaban J connectivity index is 2.27. The van der Waals surface area contributed by atoms with E-state index < -0.39 is 0 Å². The van der Waals surface area contributed by atoms with Crippen LogP contribution in [0.15, 0.2) is 24.3 Å². The van der Waals surface area contributed by atoms with Gasteiger partial charge >= 0.3 is 0 Å². The van der Waals surface area contributed by atoms with Gasteiger partial charge in [0.25, 0.3) is 0 Å². The summed E-state index contributed by atoms with van der Waals surface area (Å²) in [5.41, 5.74) is 2.02. The third kappa shape index (κ3) is 6.50. The number of benzene rings is 1. The van der Waals surface area contributed by atoms with Gasteiger partial charge in [-0.1, -0.05) is 29.8 Å². The fourth-order valence-corrected chi connectivity index (χ4v) is 1.94. The van der Waals surface area contributed by atoms with Crippen LogP contribution in [0, 0.1) is 6.92 Å². The number of hydrogen-bond donors (Lipinski definition) is 0. The van der Waals surface area contributed by atoms with Crippen LogP contribution < -0.4 is 0 Å². The summed E-state index contributed by atoms with van der Waals surface area (Å²) in [7, 11) is 6.25. The first kappa shape index (κ1) is 15.9. The molecule has 0 aliphatic heterocycles. The number of nitrogens with zero attached hydrogens (tertiary/aromatic N) is 2. The minimum absolute atomic E-state index is 0.236. The second-order valence-electron chi connectivity index (χ2n) is 5.50. The lowest BCUT2D eigenvalue weighted by molar-refractivity contribution is 0.0968. The van der Waals surface area contributed by atoms with Gasteiger partial charge < -0.3 is 9.80 Å². The van der Waals surface area contributed by atoms with E-state index in [0.29, 0.717) is 6.42 Å². The van der Waals surface area contributed by atoms with Crippen molar-refractivity contribution in [1.82, 2.24) is 9.80 Å². The van der Waals surface area contributed by atoms with Crippen molar-refractivity contribution in [2.24, 2.45) is 0 Å². The van der Waals surface area contributed by atoms with E-state index in [1.54, 1.807) is 0 Å². The Morgan fingerprint density at radius 1 is 1.00 bits per heavy atom. The molecule has 0 heterocycles. The first-order valence-corrected chi connectivity index (χ1v) is 6.92. The van der Waals surface area contributed by atoms with Gasteiger partial charge in [-0.3, -0.25) is 4.79 Å². The van der Waals surface area contributed by atoms with Crippen LogP contribution in [-0.4, -0.2) is 56.4 Å². The van der Waals surface area contributed by atoms with Crippen molar-refractivity contribution in [2.45, 2.75) is 19.8 Å². The molecule has 0 N–H and O–H groups in total. The summed E-state index contributed by atoms with van der Waals surface area (Å²) >= 11 is 0. The highest BCUT2D eigenvalue weighted by molar-refractivity contribution is 5.96. The van der Waals surface area contributed by atoms with E-state index in [1.165, 1.54) is 5.56 Å². The Hall–Kier alpha value is -1.19. The second-order valence-corrected chi connectivity index (χ2v) is 5.50. The fraction of sp³-hybridized carbons (Fsp3) is 0.562. The van der Waals surface area contributed by atoms with Crippen LogP contribution in [0.2, 0.25) is 0 Å². The molecule has 0 aliphatic rings. The lowest BCUT2D eigenvalue weighted by atomic mass is 10.1. The maximum absolute atomic E-state index is 12.0. The molecule has 3 nitrogen and oxygen atoms in total. The average molecular weight is 262 g/mol. The van der Waals surface area contributed by atoms with E-state index in [9.17, 15) is 4.79 Å². The van der Waals surface area contributed by atoms with Crippen LogP contribution in [0.25, 0.3) is 0 Å². The van der Waals surface area contributed by atoms with Crippen molar-refractivity contribution in [3.63, 3.8) is 0 Å². The number of ketones is 1. The predicted octanol–water partition coefficient (Wildman–Crippen LogP) is 2.45. The van der Waals surface area contributed by atoms with E-state index in [1.807, 2.05) is 31.2 Å². The van der Waals surface area contributed by atoms with Crippen LogP contribution >= 0.6 is 0 Å². The van der Waals surface area contributed by atoms with Crippen molar-refractivity contribution < 1.29 is 4.79 Å². The molecule has 0 bridgehead atoms. The molecule has 0 saturated carbocycles. The van der Waals surface area contributed by atoms with Crippen LogP contribution in [0.3, 0.4) is 0 Å². The molecule has 3 heteroatoms. The summed E-state index contributed by atoms with van der Waals surface area (Å²) < 4.78 is 0. The smallest absolute Gasteiger partial charge is 0.164 e. The molecule has 0 spiro atoms. The van der Waals surface area contributed by atoms with Gasteiger partial charge in [-0.15, -0.1) is 0 Å². The number of carbonyl (C=O) groups excluding carboxylic acids is 1. The van der Waals surface area contributed by atoms with E-state index in [2.05, 4.69) is 30.9 Å². The third-order valence-electron chi connectivity index (χ3n) is 3.24. The standard InChI is InChI=1S/C16H26N2O/c1-14-6-8-15(9-7-14)16(19)10-13-18(4)12-5-11-17(2)3/h6-9H,5,10-13H2,1-4H3. The zero-order chi connectivity index (χ0) is 14.3. The van der Waals surface area contributed by atoms with Gasteiger partial charge in [-0.05, 0) is 47.6 Å². The average Bonchev–Trinajstić information content (AvgIpc) is 2.36. The number of hydrogen-bond acceptors (Lipinski definition) is 3. The lowest BCUT2D eigenvalue weighted by Crippen LogP contribution is -2.26. The lowest BCUT2D eigenvalue weighted by Gasteiger charge is -2.17. The Morgan fingerprint density at radius 3 is 2.21 bits per heavy atom. The quantitative estimate of drug-likeness (QED) is 0.672. The highest BCUT2D eigenvalue weighted by atomic mass is 16.1. The normalized spacial score (nSPS) is 11.3. The molecule has 0 atom stereocenters. The summed E-state index contributed by atoms with van der Waals surface area (Å²) in [4.78, 5) is 16.4. The number of Topliss-reactive ketones (excluding diaryl/α,β-unsaturated/α-hetero) is 1. The monoisotopic (exact) mass is 262 g/mol. The van der Waals surface area contributed by atoms with Crippen LogP contribution in [0.1, 0.15) is 28.8 Å². The maximum Gasteiger partial charge on any atom is 0.164 e. The molecule has 0 fully saturated rings. The van der Waals surface area contributed by atoms with E-state index in [0.717, 1.165) is 31.6 Å². The minimum atomic E-state index is 0.236. The predicted molar refractivity (Wildman–Crippen MR) is 80.8 cm³/mol. The van der Waals surface area contributed by atoms with Gasteiger partial charge in [0.2, 0.25) is 0 Å². The molecule has 0 radical (unpaired) electrons. The number of rotatable bonds is 8. The number of aryl methyl sites for hydroxylation is 1. The Kier molecular flexibility index (Phi) is 6.74. The van der Waals surface area contributed by atoms with Crippen molar-refractivity contribution in [3.8, 4) is 0 Å². The highest BCUT2D eigenvalue weighted by Gasteiger charge is 2.07.